The molecule has 0 aliphatic heterocycles. The first-order chi connectivity index (χ1) is 8.18. The lowest BCUT2D eigenvalue weighted by Crippen LogP contribution is -2.10. The molecule has 0 heterocycles. The van der Waals surface area contributed by atoms with E-state index in [2.05, 4.69) is 48.3 Å². The third kappa shape index (κ3) is 2.66. The van der Waals surface area contributed by atoms with Crippen molar-refractivity contribution in [2.24, 2.45) is 5.73 Å². The van der Waals surface area contributed by atoms with Crippen molar-refractivity contribution in [3.05, 3.63) is 60.2 Å². The van der Waals surface area contributed by atoms with E-state index in [9.17, 15) is 0 Å². The van der Waals surface area contributed by atoms with Crippen molar-refractivity contribution in [2.75, 3.05) is 11.9 Å². The number of nitrogens with two attached hydrogens (primary N) is 1. The molecule has 2 nitrogen and oxygen atoms in total. The van der Waals surface area contributed by atoms with Crippen LogP contribution in [-0.2, 0) is 0 Å². The Balaban J connectivity index is 2.23. The number of rotatable bonds is 3. The van der Waals surface area contributed by atoms with Gasteiger partial charge in [-0.1, -0.05) is 30.3 Å². The molecule has 1 unspecified atom stereocenters. The minimum Gasteiger partial charge on any atom is -0.345 e. The van der Waals surface area contributed by atoms with Crippen molar-refractivity contribution >= 4 is 11.4 Å². The van der Waals surface area contributed by atoms with E-state index in [4.69, 9.17) is 5.73 Å². The van der Waals surface area contributed by atoms with Crippen LogP contribution in [0.4, 0.5) is 11.4 Å². The number of anilines is 2. The molecule has 88 valence electrons. The highest BCUT2D eigenvalue weighted by Crippen LogP contribution is 2.24. The molecule has 2 N–H and O–H groups in total. The molecule has 0 amide bonds. The summed E-state index contributed by atoms with van der Waals surface area (Å²) in [6, 6.07) is 18.8. The van der Waals surface area contributed by atoms with Gasteiger partial charge in [0.1, 0.15) is 0 Å². The molecule has 0 bridgehead atoms. The fourth-order valence-electron chi connectivity index (χ4n) is 1.80. The van der Waals surface area contributed by atoms with Gasteiger partial charge in [0.25, 0.3) is 0 Å². The zero-order valence-electron chi connectivity index (χ0n) is 10.3. The van der Waals surface area contributed by atoms with Crippen LogP contribution in [0.5, 0.6) is 0 Å². The largest absolute Gasteiger partial charge is 0.345 e. The predicted octanol–water partition coefficient (Wildman–Crippen LogP) is 3.47. The second-order valence-corrected chi connectivity index (χ2v) is 4.27. The van der Waals surface area contributed by atoms with E-state index < -0.39 is 0 Å². The molecule has 0 aliphatic rings. The molecule has 0 spiro atoms. The Labute approximate surface area is 103 Å². The summed E-state index contributed by atoms with van der Waals surface area (Å²) >= 11 is 0. The third-order valence-corrected chi connectivity index (χ3v) is 2.95. The van der Waals surface area contributed by atoms with Crippen LogP contribution >= 0.6 is 0 Å². The number of benzene rings is 2. The van der Waals surface area contributed by atoms with E-state index in [0.717, 1.165) is 5.56 Å². The Bertz CT molecular complexity index is 460. The summed E-state index contributed by atoms with van der Waals surface area (Å²) in [4.78, 5) is 2.16. The third-order valence-electron chi connectivity index (χ3n) is 2.95. The minimum absolute atomic E-state index is 0.0890. The van der Waals surface area contributed by atoms with E-state index in [0.29, 0.717) is 0 Å². The number of para-hydroxylation sites is 1. The zero-order chi connectivity index (χ0) is 12.3. The lowest BCUT2D eigenvalue weighted by molar-refractivity contribution is 0.818. The smallest absolute Gasteiger partial charge is 0.0408 e. The monoisotopic (exact) mass is 226 g/mol. The van der Waals surface area contributed by atoms with Crippen LogP contribution in [0.25, 0.3) is 0 Å². The van der Waals surface area contributed by atoms with E-state index in [1.54, 1.807) is 0 Å². The predicted molar refractivity (Wildman–Crippen MR) is 73.5 cm³/mol. The van der Waals surface area contributed by atoms with Crippen LogP contribution in [0.2, 0.25) is 0 Å². The van der Waals surface area contributed by atoms with Crippen molar-refractivity contribution in [3.8, 4) is 0 Å². The summed E-state index contributed by atoms with van der Waals surface area (Å²) in [6.07, 6.45) is 0. The average molecular weight is 226 g/mol. The summed E-state index contributed by atoms with van der Waals surface area (Å²) in [6.45, 7) is 2.00. The molecule has 0 saturated heterocycles. The maximum Gasteiger partial charge on any atom is 0.0408 e. The molecular formula is C15H18N2. The lowest BCUT2D eigenvalue weighted by atomic mass is 10.1. The molecule has 0 fully saturated rings. The highest BCUT2D eigenvalue weighted by Gasteiger charge is 2.04. The maximum atomic E-state index is 5.84. The molecule has 0 aliphatic carbocycles. The van der Waals surface area contributed by atoms with Crippen LogP contribution in [0.15, 0.2) is 54.6 Å². The van der Waals surface area contributed by atoms with Gasteiger partial charge in [0.2, 0.25) is 0 Å². The van der Waals surface area contributed by atoms with Crippen LogP contribution in [0.3, 0.4) is 0 Å². The van der Waals surface area contributed by atoms with Gasteiger partial charge >= 0.3 is 0 Å². The molecule has 17 heavy (non-hydrogen) atoms. The Kier molecular flexibility index (Phi) is 3.45. The summed E-state index contributed by atoms with van der Waals surface area (Å²) in [7, 11) is 2.07. The molecular weight excluding hydrogens is 208 g/mol. The van der Waals surface area contributed by atoms with Gasteiger partial charge in [-0.15, -0.1) is 0 Å². The summed E-state index contributed by atoms with van der Waals surface area (Å²) in [5.74, 6) is 0. The topological polar surface area (TPSA) is 29.3 Å². The molecule has 2 heteroatoms. The van der Waals surface area contributed by atoms with Crippen molar-refractivity contribution in [3.63, 3.8) is 0 Å². The van der Waals surface area contributed by atoms with E-state index >= 15 is 0 Å². The molecule has 2 rings (SSSR count). The molecule has 0 aromatic heterocycles. The SMILES string of the molecule is CC(N)c1ccc(N(C)c2ccccc2)cc1. The van der Waals surface area contributed by atoms with E-state index in [-0.39, 0.29) is 6.04 Å². The first-order valence-corrected chi connectivity index (χ1v) is 5.83. The van der Waals surface area contributed by atoms with Crippen molar-refractivity contribution in [1.82, 2.24) is 0 Å². The molecule has 2 aromatic rings. The van der Waals surface area contributed by atoms with Gasteiger partial charge in [0, 0.05) is 24.5 Å². The molecule has 1 atom stereocenters. The average Bonchev–Trinajstić information content (AvgIpc) is 2.39. The Hall–Kier alpha value is -1.80. The molecule has 0 radical (unpaired) electrons. The van der Waals surface area contributed by atoms with Crippen molar-refractivity contribution in [1.29, 1.82) is 0 Å². The number of hydrogen-bond acceptors (Lipinski definition) is 2. The van der Waals surface area contributed by atoms with Gasteiger partial charge in [-0.3, -0.25) is 0 Å². The zero-order valence-corrected chi connectivity index (χ0v) is 10.3. The highest BCUT2D eigenvalue weighted by atomic mass is 15.1. The van der Waals surface area contributed by atoms with Gasteiger partial charge in [-0.05, 0) is 36.8 Å². The van der Waals surface area contributed by atoms with Gasteiger partial charge in [-0.25, -0.2) is 0 Å². The second kappa shape index (κ2) is 5.02. The standard InChI is InChI=1S/C15H18N2/c1-12(16)13-8-10-15(11-9-13)17(2)14-6-4-3-5-7-14/h3-12H,16H2,1-2H3. The quantitative estimate of drug-likeness (QED) is 0.868. The lowest BCUT2D eigenvalue weighted by Gasteiger charge is -2.20. The Morgan fingerprint density at radius 3 is 1.94 bits per heavy atom. The van der Waals surface area contributed by atoms with Gasteiger partial charge in [0.05, 0.1) is 0 Å². The van der Waals surface area contributed by atoms with Gasteiger partial charge < -0.3 is 10.6 Å². The first-order valence-electron chi connectivity index (χ1n) is 5.83. The highest BCUT2D eigenvalue weighted by molar-refractivity contribution is 5.62. The fraction of sp³-hybridized carbons (Fsp3) is 0.200. The second-order valence-electron chi connectivity index (χ2n) is 4.27. The summed E-state index contributed by atoms with van der Waals surface area (Å²) in [5, 5.41) is 0. The van der Waals surface area contributed by atoms with E-state index in [1.807, 2.05) is 25.1 Å². The van der Waals surface area contributed by atoms with Crippen LogP contribution in [-0.4, -0.2) is 7.05 Å². The summed E-state index contributed by atoms with van der Waals surface area (Å²) in [5.41, 5.74) is 9.35. The fourth-order valence-corrected chi connectivity index (χ4v) is 1.80. The first kappa shape index (κ1) is 11.7. The van der Waals surface area contributed by atoms with Crippen molar-refractivity contribution < 1.29 is 0 Å². The van der Waals surface area contributed by atoms with Crippen LogP contribution < -0.4 is 10.6 Å². The minimum atomic E-state index is 0.0890. The molecule has 2 aromatic carbocycles. The summed E-state index contributed by atoms with van der Waals surface area (Å²) < 4.78 is 0. The Morgan fingerprint density at radius 2 is 1.41 bits per heavy atom. The molecule has 0 saturated carbocycles. The Morgan fingerprint density at radius 1 is 0.882 bits per heavy atom. The normalized spacial score (nSPS) is 12.2. The van der Waals surface area contributed by atoms with Gasteiger partial charge in [-0.2, -0.15) is 0 Å². The van der Waals surface area contributed by atoms with Gasteiger partial charge in [0.15, 0.2) is 0 Å². The number of nitrogens with zero attached hydrogens (tertiary/aromatic N) is 1. The maximum absolute atomic E-state index is 5.84. The van der Waals surface area contributed by atoms with Crippen LogP contribution in [0.1, 0.15) is 18.5 Å². The van der Waals surface area contributed by atoms with E-state index in [1.165, 1.54) is 11.4 Å². The van der Waals surface area contributed by atoms with Crippen molar-refractivity contribution in [2.45, 2.75) is 13.0 Å². The number of hydrogen-bond donors (Lipinski definition) is 1. The van der Waals surface area contributed by atoms with Crippen LogP contribution in [0, 0.1) is 0 Å².